The summed E-state index contributed by atoms with van der Waals surface area (Å²) < 4.78 is 4.25. The number of rotatable bonds is 6. The largest absolute Gasteiger partial charge is 0.308 e. The van der Waals surface area contributed by atoms with E-state index in [1.165, 1.54) is 0 Å². The first kappa shape index (κ1) is 15.7. The van der Waals surface area contributed by atoms with Gasteiger partial charge in [0.05, 0.1) is 11.1 Å². The summed E-state index contributed by atoms with van der Waals surface area (Å²) in [6.45, 7) is 6.32. The van der Waals surface area contributed by atoms with E-state index in [0.717, 1.165) is 41.3 Å². The van der Waals surface area contributed by atoms with E-state index in [9.17, 15) is 0 Å². The van der Waals surface area contributed by atoms with Gasteiger partial charge in [-0.25, -0.2) is 4.98 Å². The van der Waals surface area contributed by atoms with E-state index < -0.39 is 0 Å². The molecule has 2 atom stereocenters. The second-order valence-corrected chi connectivity index (χ2v) is 6.63. The first-order chi connectivity index (χ1) is 9.54. The van der Waals surface area contributed by atoms with Crippen molar-refractivity contribution in [1.82, 2.24) is 19.3 Å². The molecule has 20 heavy (non-hydrogen) atoms. The van der Waals surface area contributed by atoms with E-state index in [1.807, 2.05) is 30.4 Å². The summed E-state index contributed by atoms with van der Waals surface area (Å²) in [5, 5.41) is 4.50. The van der Waals surface area contributed by atoms with Crippen molar-refractivity contribution in [2.45, 2.75) is 45.0 Å². The van der Waals surface area contributed by atoms with Crippen LogP contribution in [0, 0.1) is 0 Å². The molecule has 4 nitrogen and oxygen atoms in total. The van der Waals surface area contributed by atoms with Crippen LogP contribution in [0.3, 0.4) is 0 Å². The van der Waals surface area contributed by atoms with Gasteiger partial charge in [-0.15, -0.1) is 11.6 Å². The zero-order valence-corrected chi connectivity index (χ0v) is 14.4. The van der Waals surface area contributed by atoms with Crippen LogP contribution in [0.2, 0.25) is 0 Å². The average molecular weight is 315 g/mol. The minimum absolute atomic E-state index is 0.0944. The highest BCUT2D eigenvalue weighted by atomic mass is 35.5. The monoisotopic (exact) mass is 314 g/mol. The first-order valence-corrected chi connectivity index (χ1v) is 8.94. The summed E-state index contributed by atoms with van der Waals surface area (Å²) in [5.41, 5.74) is 3.17. The van der Waals surface area contributed by atoms with Crippen LogP contribution in [0.1, 0.15) is 50.1 Å². The average Bonchev–Trinajstić information content (AvgIpc) is 2.94. The summed E-state index contributed by atoms with van der Waals surface area (Å²) >= 11 is 8.22. The molecule has 0 fully saturated rings. The Morgan fingerprint density at radius 1 is 1.35 bits per heavy atom. The molecular weight excluding hydrogens is 292 g/mol. The fraction of sp³-hybridized carbons (Fsp3) is 0.714. The lowest BCUT2D eigenvalue weighted by Gasteiger charge is -2.20. The Bertz CT molecular complexity index is 588. The van der Waals surface area contributed by atoms with Crippen molar-refractivity contribution >= 4 is 34.5 Å². The standard InChI is InChI=1S/C14H23ClN4S/c1-6-10(8-20-5)19-13(9(3)15)16-12-11(7-2)17-18(4)14(12)19/h9-10H,6-8H2,1-5H3. The molecule has 0 spiro atoms. The molecular formula is C14H23ClN4S. The predicted octanol–water partition coefficient (Wildman–Crippen LogP) is 3.95. The Balaban J connectivity index is 2.70. The van der Waals surface area contributed by atoms with Gasteiger partial charge in [-0.3, -0.25) is 4.68 Å². The van der Waals surface area contributed by atoms with Gasteiger partial charge in [0.15, 0.2) is 5.65 Å². The number of hydrogen-bond acceptors (Lipinski definition) is 3. The van der Waals surface area contributed by atoms with Gasteiger partial charge in [0.1, 0.15) is 11.3 Å². The third kappa shape index (κ3) is 2.58. The molecule has 0 aromatic carbocycles. The maximum atomic E-state index is 6.37. The van der Waals surface area contributed by atoms with E-state index in [2.05, 4.69) is 29.8 Å². The van der Waals surface area contributed by atoms with Gasteiger partial charge in [-0.05, 0) is 26.0 Å². The molecule has 0 saturated heterocycles. The molecule has 2 aromatic heterocycles. The molecule has 0 bridgehead atoms. The molecule has 0 N–H and O–H groups in total. The van der Waals surface area contributed by atoms with Gasteiger partial charge >= 0.3 is 0 Å². The van der Waals surface area contributed by atoms with Crippen LogP contribution in [-0.4, -0.2) is 31.3 Å². The fourth-order valence-corrected chi connectivity index (χ4v) is 3.59. The van der Waals surface area contributed by atoms with E-state index in [4.69, 9.17) is 16.6 Å². The number of thioether (sulfide) groups is 1. The van der Waals surface area contributed by atoms with Crippen molar-refractivity contribution in [3.05, 3.63) is 11.5 Å². The van der Waals surface area contributed by atoms with Gasteiger partial charge in [-0.2, -0.15) is 16.9 Å². The zero-order valence-electron chi connectivity index (χ0n) is 12.9. The van der Waals surface area contributed by atoms with E-state index >= 15 is 0 Å². The molecule has 0 amide bonds. The molecule has 0 aliphatic rings. The second-order valence-electron chi connectivity index (χ2n) is 5.07. The highest BCUT2D eigenvalue weighted by Crippen LogP contribution is 2.31. The van der Waals surface area contributed by atoms with Crippen LogP contribution in [0.25, 0.3) is 11.2 Å². The summed E-state index contributed by atoms with van der Waals surface area (Å²) in [4.78, 5) is 4.79. The summed E-state index contributed by atoms with van der Waals surface area (Å²) in [7, 11) is 1.99. The number of hydrogen-bond donors (Lipinski definition) is 0. The van der Waals surface area contributed by atoms with Gasteiger partial charge in [0, 0.05) is 18.8 Å². The molecule has 112 valence electrons. The number of imidazole rings is 1. The summed E-state index contributed by atoms with van der Waals surface area (Å²) in [6, 6.07) is 0.409. The lowest BCUT2D eigenvalue weighted by molar-refractivity contribution is 0.517. The summed E-state index contributed by atoms with van der Waals surface area (Å²) in [5.74, 6) is 2.02. The quantitative estimate of drug-likeness (QED) is 0.757. The van der Waals surface area contributed by atoms with Crippen molar-refractivity contribution in [2.75, 3.05) is 12.0 Å². The number of nitrogens with zero attached hydrogens (tertiary/aromatic N) is 4. The molecule has 2 unspecified atom stereocenters. The van der Waals surface area contributed by atoms with Crippen LogP contribution in [-0.2, 0) is 13.5 Å². The third-order valence-corrected chi connectivity index (χ3v) is 4.56. The lowest BCUT2D eigenvalue weighted by atomic mass is 10.2. The zero-order chi connectivity index (χ0) is 14.9. The molecule has 2 aromatic rings. The predicted molar refractivity (Wildman–Crippen MR) is 87.9 cm³/mol. The Morgan fingerprint density at radius 3 is 2.55 bits per heavy atom. The van der Waals surface area contributed by atoms with Gasteiger partial charge in [0.25, 0.3) is 0 Å². The van der Waals surface area contributed by atoms with Gasteiger partial charge < -0.3 is 4.57 Å². The maximum Gasteiger partial charge on any atom is 0.159 e. The third-order valence-electron chi connectivity index (χ3n) is 3.65. The molecule has 6 heteroatoms. The topological polar surface area (TPSA) is 35.6 Å². The number of fused-ring (bicyclic) bond motifs is 1. The van der Waals surface area contributed by atoms with Crippen LogP contribution in [0.5, 0.6) is 0 Å². The molecule has 2 rings (SSSR count). The maximum absolute atomic E-state index is 6.37. The highest BCUT2D eigenvalue weighted by molar-refractivity contribution is 7.98. The Morgan fingerprint density at radius 2 is 2.05 bits per heavy atom. The van der Waals surface area contributed by atoms with Crippen molar-refractivity contribution in [1.29, 1.82) is 0 Å². The van der Waals surface area contributed by atoms with Crippen molar-refractivity contribution < 1.29 is 0 Å². The van der Waals surface area contributed by atoms with E-state index in [0.29, 0.717) is 6.04 Å². The fourth-order valence-electron chi connectivity index (χ4n) is 2.67. The molecule has 0 aliphatic heterocycles. The van der Waals surface area contributed by atoms with Crippen LogP contribution in [0.4, 0.5) is 0 Å². The van der Waals surface area contributed by atoms with Crippen LogP contribution >= 0.6 is 23.4 Å². The van der Waals surface area contributed by atoms with Crippen molar-refractivity contribution in [2.24, 2.45) is 7.05 Å². The van der Waals surface area contributed by atoms with Crippen LogP contribution in [0.15, 0.2) is 0 Å². The second kappa shape index (κ2) is 6.39. The van der Waals surface area contributed by atoms with Crippen molar-refractivity contribution in [3.8, 4) is 0 Å². The molecule has 0 saturated carbocycles. The first-order valence-electron chi connectivity index (χ1n) is 7.11. The van der Waals surface area contributed by atoms with E-state index in [-0.39, 0.29) is 5.38 Å². The molecule has 0 aliphatic carbocycles. The summed E-state index contributed by atoms with van der Waals surface area (Å²) in [6.07, 6.45) is 4.10. The van der Waals surface area contributed by atoms with Gasteiger partial charge in [-0.1, -0.05) is 13.8 Å². The van der Waals surface area contributed by atoms with Crippen LogP contribution < -0.4 is 0 Å². The van der Waals surface area contributed by atoms with E-state index in [1.54, 1.807) is 0 Å². The Hall–Kier alpha value is -0.680. The Labute approximate surface area is 129 Å². The lowest BCUT2D eigenvalue weighted by Crippen LogP contribution is -2.16. The van der Waals surface area contributed by atoms with Gasteiger partial charge in [0.2, 0.25) is 0 Å². The Kier molecular flexibility index (Phi) is 5.02. The smallest absolute Gasteiger partial charge is 0.159 e. The number of aromatic nitrogens is 4. The molecule has 0 radical (unpaired) electrons. The SMILES string of the molecule is CCc1nn(C)c2c1nc(C(C)Cl)n2C(CC)CSC. The number of alkyl halides is 1. The normalized spacial score (nSPS) is 14.9. The number of halogens is 1. The molecule has 2 heterocycles. The van der Waals surface area contributed by atoms with Crippen molar-refractivity contribution in [3.63, 3.8) is 0 Å². The highest BCUT2D eigenvalue weighted by Gasteiger charge is 2.24. The minimum atomic E-state index is -0.0944. The number of aryl methyl sites for hydroxylation is 2. The minimum Gasteiger partial charge on any atom is -0.308 e.